The molecule has 0 atom stereocenters. The highest BCUT2D eigenvalue weighted by atomic mass is 15.0. The lowest BCUT2D eigenvalue weighted by Gasteiger charge is -2.27. The van der Waals surface area contributed by atoms with Crippen molar-refractivity contribution < 1.29 is 0 Å². The van der Waals surface area contributed by atoms with Crippen LogP contribution in [0, 0.1) is 0 Å². The van der Waals surface area contributed by atoms with E-state index >= 15 is 0 Å². The summed E-state index contributed by atoms with van der Waals surface area (Å²) in [5.41, 5.74) is 10.9. The molecule has 3 rings (SSSR count). The minimum absolute atomic E-state index is 0.597. The topological polar surface area (TPSA) is 43.8 Å². The van der Waals surface area contributed by atoms with Gasteiger partial charge in [-0.25, -0.2) is 0 Å². The third-order valence-corrected chi connectivity index (χ3v) is 3.80. The highest BCUT2D eigenvalue weighted by Gasteiger charge is 2.27. The summed E-state index contributed by atoms with van der Waals surface area (Å²) in [6.07, 6.45) is 5.81. The summed E-state index contributed by atoms with van der Waals surface area (Å²) in [6, 6.07) is 4.12. The SMILES string of the molecule is Cn1c(C2CCC2)c(CN)c2ncccc21. The number of aryl methyl sites for hydroxylation is 1. The van der Waals surface area contributed by atoms with E-state index in [1.165, 1.54) is 36.0 Å². The van der Waals surface area contributed by atoms with Crippen LogP contribution in [-0.2, 0) is 13.6 Å². The first kappa shape index (κ1) is 9.85. The fourth-order valence-corrected chi connectivity index (χ4v) is 2.76. The number of rotatable bonds is 2. The second kappa shape index (κ2) is 3.59. The molecule has 84 valence electrons. The second-order valence-electron chi connectivity index (χ2n) is 4.63. The predicted octanol–water partition coefficient (Wildman–Crippen LogP) is 2.30. The van der Waals surface area contributed by atoms with Crippen molar-refractivity contribution in [1.29, 1.82) is 0 Å². The maximum atomic E-state index is 5.89. The molecule has 2 N–H and O–H groups in total. The van der Waals surface area contributed by atoms with E-state index in [1.807, 2.05) is 12.3 Å². The van der Waals surface area contributed by atoms with Crippen LogP contribution < -0.4 is 5.73 Å². The van der Waals surface area contributed by atoms with Crippen molar-refractivity contribution >= 4 is 11.0 Å². The van der Waals surface area contributed by atoms with Crippen molar-refractivity contribution in [1.82, 2.24) is 9.55 Å². The Balaban J connectivity index is 2.28. The lowest BCUT2D eigenvalue weighted by atomic mass is 9.81. The van der Waals surface area contributed by atoms with Crippen LogP contribution in [0.15, 0.2) is 18.3 Å². The molecule has 3 heteroatoms. The highest BCUT2D eigenvalue weighted by Crippen LogP contribution is 2.40. The normalized spacial score (nSPS) is 16.6. The van der Waals surface area contributed by atoms with Gasteiger partial charge in [0.05, 0.1) is 11.0 Å². The van der Waals surface area contributed by atoms with Gasteiger partial charge in [0.25, 0.3) is 0 Å². The number of hydrogen-bond donors (Lipinski definition) is 1. The molecule has 3 nitrogen and oxygen atoms in total. The minimum Gasteiger partial charge on any atom is -0.346 e. The fourth-order valence-electron chi connectivity index (χ4n) is 2.76. The molecule has 0 amide bonds. The van der Waals surface area contributed by atoms with Gasteiger partial charge in [0, 0.05) is 31.0 Å². The average Bonchev–Trinajstić information content (AvgIpc) is 2.51. The van der Waals surface area contributed by atoms with Gasteiger partial charge in [0.1, 0.15) is 0 Å². The molecule has 0 bridgehead atoms. The van der Waals surface area contributed by atoms with Crippen molar-refractivity contribution in [2.45, 2.75) is 31.7 Å². The van der Waals surface area contributed by atoms with E-state index in [9.17, 15) is 0 Å². The molecular weight excluding hydrogens is 198 g/mol. The first-order chi connectivity index (χ1) is 7.83. The number of pyridine rings is 1. The molecule has 0 aromatic carbocycles. The molecule has 1 saturated carbocycles. The van der Waals surface area contributed by atoms with Gasteiger partial charge in [-0.3, -0.25) is 4.98 Å². The number of nitrogens with zero attached hydrogens (tertiary/aromatic N) is 2. The van der Waals surface area contributed by atoms with E-state index in [2.05, 4.69) is 22.7 Å². The molecule has 16 heavy (non-hydrogen) atoms. The Morgan fingerprint density at radius 1 is 1.50 bits per heavy atom. The number of hydrogen-bond acceptors (Lipinski definition) is 2. The van der Waals surface area contributed by atoms with Crippen LogP contribution in [0.5, 0.6) is 0 Å². The third kappa shape index (κ3) is 1.21. The molecule has 0 unspecified atom stereocenters. The van der Waals surface area contributed by atoms with Crippen LogP contribution in [0.4, 0.5) is 0 Å². The monoisotopic (exact) mass is 215 g/mol. The summed E-state index contributed by atoms with van der Waals surface area (Å²) in [5.74, 6) is 0.706. The van der Waals surface area contributed by atoms with E-state index in [0.717, 1.165) is 5.52 Å². The van der Waals surface area contributed by atoms with Crippen molar-refractivity contribution in [2.24, 2.45) is 12.8 Å². The average molecular weight is 215 g/mol. The standard InChI is InChI=1S/C13H17N3/c1-16-11-6-3-7-15-12(11)10(8-14)13(16)9-4-2-5-9/h3,6-7,9H,2,4-5,8,14H2,1H3. The van der Waals surface area contributed by atoms with E-state index < -0.39 is 0 Å². The maximum Gasteiger partial charge on any atom is 0.0928 e. The second-order valence-corrected chi connectivity index (χ2v) is 4.63. The molecular formula is C13H17N3. The van der Waals surface area contributed by atoms with Crippen molar-refractivity contribution in [3.05, 3.63) is 29.6 Å². The van der Waals surface area contributed by atoms with Crippen LogP contribution in [-0.4, -0.2) is 9.55 Å². The first-order valence-electron chi connectivity index (χ1n) is 5.95. The third-order valence-electron chi connectivity index (χ3n) is 3.80. The number of aromatic nitrogens is 2. The summed E-state index contributed by atoms with van der Waals surface area (Å²) in [5, 5.41) is 0. The van der Waals surface area contributed by atoms with Crippen LogP contribution in [0.1, 0.15) is 36.4 Å². The predicted molar refractivity (Wildman–Crippen MR) is 65.2 cm³/mol. The summed E-state index contributed by atoms with van der Waals surface area (Å²) in [4.78, 5) is 4.47. The van der Waals surface area contributed by atoms with Crippen LogP contribution >= 0.6 is 0 Å². The Bertz CT molecular complexity index is 523. The van der Waals surface area contributed by atoms with Gasteiger partial charge in [0.15, 0.2) is 0 Å². The van der Waals surface area contributed by atoms with Gasteiger partial charge < -0.3 is 10.3 Å². The van der Waals surface area contributed by atoms with E-state index in [4.69, 9.17) is 5.73 Å². The van der Waals surface area contributed by atoms with E-state index in [1.54, 1.807) is 0 Å². The molecule has 2 aromatic heterocycles. The molecule has 0 aliphatic heterocycles. The van der Waals surface area contributed by atoms with Crippen molar-refractivity contribution in [3.63, 3.8) is 0 Å². The lowest BCUT2D eigenvalue weighted by molar-refractivity contribution is 0.401. The van der Waals surface area contributed by atoms with Crippen molar-refractivity contribution in [3.8, 4) is 0 Å². The van der Waals surface area contributed by atoms with Crippen LogP contribution in [0.3, 0.4) is 0 Å². The zero-order valence-corrected chi connectivity index (χ0v) is 9.61. The van der Waals surface area contributed by atoms with E-state index in [0.29, 0.717) is 12.5 Å². The molecule has 2 heterocycles. The van der Waals surface area contributed by atoms with Gasteiger partial charge in [-0.05, 0) is 30.9 Å². The summed E-state index contributed by atoms with van der Waals surface area (Å²) < 4.78 is 2.29. The molecule has 1 fully saturated rings. The molecule has 0 radical (unpaired) electrons. The Hall–Kier alpha value is -1.35. The molecule has 2 aromatic rings. The molecule has 1 aliphatic carbocycles. The molecule has 0 spiro atoms. The lowest BCUT2D eigenvalue weighted by Crippen LogP contribution is -2.15. The molecule has 1 aliphatic rings. The largest absolute Gasteiger partial charge is 0.346 e. The van der Waals surface area contributed by atoms with Gasteiger partial charge in [0.2, 0.25) is 0 Å². The maximum absolute atomic E-state index is 5.89. The highest BCUT2D eigenvalue weighted by molar-refractivity contribution is 5.81. The zero-order chi connectivity index (χ0) is 11.1. The number of fused-ring (bicyclic) bond motifs is 1. The summed E-state index contributed by atoms with van der Waals surface area (Å²) in [7, 11) is 2.14. The Morgan fingerprint density at radius 3 is 2.94 bits per heavy atom. The van der Waals surface area contributed by atoms with Crippen LogP contribution in [0.2, 0.25) is 0 Å². The zero-order valence-electron chi connectivity index (χ0n) is 9.61. The van der Waals surface area contributed by atoms with Gasteiger partial charge >= 0.3 is 0 Å². The first-order valence-corrected chi connectivity index (χ1v) is 5.95. The van der Waals surface area contributed by atoms with Crippen LogP contribution in [0.25, 0.3) is 11.0 Å². The summed E-state index contributed by atoms with van der Waals surface area (Å²) in [6.45, 7) is 0.597. The quantitative estimate of drug-likeness (QED) is 0.835. The smallest absolute Gasteiger partial charge is 0.0928 e. The van der Waals surface area contributed by atoms with Crippen molar-refractivity contribution in [2.75, 3.05) is 0 Å². The minimum atomic E-state index is 0.597. The Labute approximate surface area is 95.3 Å². The van der Waals surface area contributed by atoms with Gasteiger partial charge in [-0.15, -0.1) is 0 Å². The van der Waals surface area contributed by atoms with Gasteiger partial charge in [-0.2, -0.15) is 0 Å². The molecule has 0 saturated heterocycles. The van der Waals surface area contributed by atoms with E-state index in [-0.39, 0.29) is 0 Å². The van der Waals surface area contributed by atoms with Gasteiger partial charge in [-0.1, -0.05) is 6.42 Å². The fraction of sp³-hybridized carbons (Fsp3) is 0.462. The Kier molecular flexibility index (Phi) is 2.21. The summed E-state index contributed by atoms with van der Waals surface area (Å²) >= 11 is 0. The Morgan fingerprint density at radius 2 is 2.31 bits per heavy atom. The number of nitrogens with two attached hydrogens (primary N) is 1.